The first-order chi connectivity index (χ1) is 7.97. The number of halogens is 2. The summed E-state index contributed by atoms with van der Waals surface area (Å²) in [6.45, 7) is 0. The monoisotopic (exact) mass is 305 g/mol. The summed E-state index contributed by atoms with van der Waals surface area (Å²) in [5.41, 5.74) is 5.98. The smallest absolute Gasteiger partial charge is 0.303 e. The predicted octanol–water partition coefficient (Wildman–Crippen LogP) is 2.46. The summed E-state index contributed by atoms with van der Waals surface area (Å²) in [4.78, 5) is 10.5. The molecule has 94 valence electrons. The summed E-state index contributed by atoms with van der Waals surface area (Å²) in [5.74, 6) is -1.15. The molecule has 0 saturated heterocycles. The molecule has 0 saturated carbocycles. The molecule has 6 heteroatoms. The number of carboxylic acid groups (broad SMARTS) is 1. The summed E-state index contributed by atoms with van der Waals surface area (Å²) in [6.07, 6.45) is 0.0370. The van der Waals surface area contributed by atoms with Gasteiger partial charge in [-0.05, 0) is 34.5 Å². The van der Waals surface area contributed by atoms with Gasteiger partial charge in [0.2, 0.25) is 0 Å². The molecule has 1 unspecified atom stereocenters. The first-order valence-corrected chi connectivity index (χ1v) is 5.76. The Hall–Kier alpha value is -1.14. The molecule has 0 amide bonds. The molecule has 1 aromatic rings. The van der Waals surface area contributed by atoms with E-state index in [0.29, 0.717) is 10.2 Å². The van der Waals surface area contributed by atoms with Crippen molar-refractivity contribution in [2.75, 3.05) is 7.11 Å². The summed E-state index contributed by atoms with van der Waals surface area (Å²) in [5, 5.41) is 8.57. The zero-order valence-corrected chi connectivity index (χ0v) is 10.8. The van der Waals surface area contributed by atoms with Crippen LogP contribution in [0.2, 0.25) is 0 Å². The van der Waals surface area contributed by atoms with Gasteiger partial charge in [-0.3, -0.25) is 4.79 Å². The van der Waals surface area contributed by atoms with Crippen LogP contribution in [0.3, 0.4) is 0 Å². The Morgan fingerprint density at radius 2 is 2.29 bits per heavy atom. The van der Waals surface area contributed by atoms with Crippen LogP contribution < -0.4 is 10.5 Å². The van der Waals surface area contributed by atoms with E-state index in [1.807, 2.05) is 0 Å². The number of nitrogens with two attached hydrogens (primary N) is 1. The Morgan fingerprint density at radius 1 is 1.65 bits per heavy atom. The fraction of sp³-hybridized carbons (Fsp3) is 0.364. The maximum Gasteiger partial charge on any atom is 0.303 e. The second kappa shape index (κ2) is 5.97. The lowest BCUT2D eigenvalue weighted by Gasteiger charge is -2.17. The number of hydrogen-bond acceptors (Lipinski definition) is 3. The lowest BCUT2D eigenvalue weighted by atomic mass is 10.0. The van der Waals surface area contributed by atoms with Crippen LogP contribution in [0, 0.1) is 5.82 Å². The van der Waals surface area contributed by atoms with Crippen molar-refractivity contribution >= 4 is 21.9 Å². The van der Waals surface area contributed by atoms with E-state index in [2.05, 4.69) is 15.9 Å². The Morgan fingerprint density at radius 3 is 2.82 bits per heavy atom. The van der Waals surface area contributed by atoms with Crippen molar-refractivity contribution in [2.45, 2.75) is 18.9 Å². The molecule has 0 aliphatic carbocycles. The van der Waals surface area contributed by atoms with Crippen LogP contribution in [-0.2, 0) is 4.79 Å². The minimum absolute atomic E-state index is 0.115. The third-order valence-electron chi connectivity index (χ3n) is 2.34. The third-order valence-corrected chi connectivity index (χ3v) is 2.96. The highest BCUT2D eigenvalue weighted by atomic mass is 79.9. The topological polar surface area (TPSA) is 72.5 Å². The molecule has 1 rings (SSSR count). The molecule has 1 atom stereocenters. The van der Waals surface area contributed by atoms with Gasteiger partial charge in [0.1, 0.15) is 11.6 Å². The largest absolute Gasteiger partial charge is 0.495 e. The zero-order valence-electron chi connectivity index (χ0n) is 9.24. The van der Waals surface area contributed by atoms with Gasteiger partial charge in [-0.2, -0.15) is 0 Å². The standard InChI is InChI=1S/C11H13BrFNO3/c1-17-11-6(12)2-3-7(13)10(11)8(14)4-5-9(15)16/h2-3,8H,4-5,14H2,1H3,(H,15,16). The van der Waals surface area contributed by atoms with Gasteiger partial charge in [-0.1, -0.05) is 0 Å². The van der Waals surface area contributed by atoms with Crippen LogP contribution >= 0.6 is 15.9 Å². The Bertz CT molecular complexity index is 425. The van der Waals surface area contributed by atoms with E-state index in [-0.39, 0.29) is 18.4 Å². The number of hydrogen-bond donors (Lipinski definition) is 2. The molecule has 17 heavy (non-hydrogen) atoms. The number of ether oxygens (including phenoxy) is 1. The van der Waals surface area contributed by atoms with Crippen molar-refractivity contribution in [1.29, 1.82) is 0 Å². The Kier molecular flexibility index (Phi) is 4.89. The highest BCUT2D eigenvalue weighted by molar-refractivity contribution is 9.10. The second-order valence-corrected chi connectivity index (χ2v) is 4.37. The highest BCUT2D eigenvalue weighted by Crippen LogP contribution is 2.35. The fourth-order valence-corrected chi connectivity index (χ4v) is 2.03. The van der Waals surface area contributed by atoms with Gasteiger partial charge in [0.05, 0.1) is 11.6 Å². The first kappa shape index (κ1) is 13.9. The van der Waals surface area contributed by atoms with Crippen LogP contribution in [0.5, 0.6) is 5.75 Å². The van der Waals surface area contributed by atoms with E-state index in [0.717, 1.165) is 0 Å². The minimum atomic E-state index is -0.963. The average Bonchev–Trinajstić information content (AvgIpc) is 2.28. The summed E-state index contributed by atoms with van der Waals surface area (Å²) < 4.78 is 19.3. The Labute approximate surface area is 107 Å². The van der Waals surface area contributed by atoms with Crippen molar-refractivity contribution in [3.63, 3.8) is 0 Å². The molecule has 0 aliphatic heterocycles. The molecular weight excluding hydrogens is 293 g/mol. The van der Waals surface area contributed by atoms with Crippen molar-refractivity contribution in [3.05, 3.63) is 28.0 Å². The van der Waals surface area contributed by atoms with Crippen LogP contribution in [0.4, 0.5) is 4.39 Å². The zero-order chi connectivity index (χ0) is 13.0. The van der Waals surface area contributed by atoms with E-state index in [1.54, 1.807) is 0 Å². The van der Waals surface area contributed by atoms with E-state index in [4.69, 9.17) is 15.6 Å². The van der Waals surface area contributed by atoms with E-state index in [1.165, 1.54) is 19.2 Å². The molecule has 3 N–H and O–H groups in total. The third kappa shape index (κ3) is 3.41. The lowest BCUT2D eigenvalue weighted by molar-refractivity contribution is -0.137. The number of carbonyl (C=O) groups is 1. The van der Waals surface area contributed by atoms with Crippen LogP contribution in [0.15, 0.2) is 16.6 Å². The van der Waals surface area contributed by atoms with Crippen LogP contribution in [0.1, 0.15) is 24.4 Å². The first-order valence-electron chi connectivity index (χ1n) is 4.96. The van der Waals surface area contributed by atoms with Gasteiger partial charge in [-0.25, -0.2) is 4.39 Å². The minimum Gasteiger partial charge on any atom is -0.495 e. The molecule has 0 bridgehead atoms. The highest BCUT2D eigenvalue weighted by Gasteiger charge is 2.20. The summed E-state index contributed by atoms with van der Waals surface area (Å²) >= 11 is 3.23. The predicted molar refractivity (Wildman–Crippen MR) is 64.5 cm³/mol. The number of carboxylic acids is 1. The number of methoxy groups -OCH3 is 1. The van der Waals surface area contributed by atoms with Crippen molar-refractivity contribution in [1.82, 2.24) is 0 Å². The van der Waals surface area contributed by atoms with Gasteiger partial charge >= 0.3 is 5.97 Å². The fourth-order valence-electron chi connectivity index (χ4n) is 1.53. The second-order valence-electron chi connectivity index (χ2n) is 3.52. The van der Waals surface area contributed by atoms with Gasteiger partial charge in [0, 0.05) is 18.0 Å². The van der Waals surface area contributed by atoms with Crippen molar-refractivity contribution in [2.24, 2.45) is 5.73 Å². The van der Waals surface area contributed by atoms with Crippen molar-refractivity contribution < 1.29 is 19.0 Å². The normalized spacial score (nSPS) is 12.2. The van der Waals surface area contributed by atoms with E-state index in [9.17, 15) is 9.18 Å². The molecule has 4 nitrogen and oxygen atoms in total. The van der Waals surface area contributed by atoms with Gasteiger partial charge in [0.15, 0.2) is 0 Å². The SMILES string of the molecule is COc1c(Br)ccc(F)c1C(N)CCC(=O)O. The molecule has 1 aromatic carbocycles. The van der Waals surface area contributed by atoms with E-state index < -0.39 is 17.8 Å². The lowest BCUT2D eigenvalue weighted by Crippen LogP contribution is -2.15. The molecule has 0 aliphatic rings. The maximum absolute atomic E-state index is 13.7. The molecule has 0 spiro atoms. The number of aliphatic carboxylic acids is 1. The summed E-state index contributed by atoms with van der Waals surface area (Å²) in [7, 11) is 1.41. The number of rotatable bonds is 5. The van der Waals surface area contributed by atoms with Crippen molar-refractivity contribution in [3.8, 4) is 5.75 Å². The molecular formula is C11H13BrFNO3. The maximum atomic E-state index is 13.7. The summed E-state index contributed by atoms with van der Waals surface area (Å²) in [6, 6.07) is 2.07. The quantitative estimate of drug-likeness (QED) is 0.876. The molecule has 0 aromatic heterocycles. The van der Waals surface area contributed by atoms with Gasteiger partial charge in [0.25, 0.3) is 0 Å². The molecule has 0 heterocycles. The van der Waals surface area contributed by atoms with Gasteiger partial charge < -0.3 is 15.6 Å². The molecule has 0 radical (unpaired) electrons. The molecule has 0 fully saturated rings. The van der Waals surface area contributed by atoms with Crippen LogP contribution in [-0.4, -0.2) is 18.2 Å². The Balaban J connectivity index is 3.02. The van der Waals surface area contributed by atoms with Crippen LogP contribution in [0.25, 0.3) is 0 Å². The average molecular weight is 306 g/mol. The number of benzene rings is 1. The van der Waals surface area contributed by atoms with E-state index >= 15 is 0 Å². The van der Waals surface area contributed by atoms with Gasteiger partial charge in [-0.15, -0.1) is 0 Å².